The maximum absolute atomic E-state index is 11.4. The lowest BCUT2D eigenvalue weighted by molar-refractivity contribution is -0.159. The SMILES string of the molecule is CC(C)(C)OC(=O)NCC(=O)OCC(=O)OCc1ccccc1. The summed E-state index contributed by atoms with van der Waals surface area (Å²) in [6.07, 6.45) is -0.735. The minimum atomic E-state index is -0.757. The van der Waals surface area contributed by atoms with Crippen molar-refractivity contribution in [3.8, 4) is 0 Å². The van der Waals surface area contributed by atoms with Gasteiger partial charge in [-0.25, -0.2) is 9.59 Å². The molecule has 0 spiro atoms. The first-order valence-corrected chi connectivity index (χ1v) is 7.08. The van der Waals surface area contributed by atoms with Gasteiger partial charge in [-0.15, -0.1) is 0 Å². The number of hydrogen-bond donors (Lipinski definition) is 1. The van der Waals surface area contributed by atoms with Crippen LogP contribution in [0.4, 0.5) is 4.79 Å². The average molecular weight is 323 g/mol. The van der Waals surface area contributed by atoms with Crippen LogP contribution >= 0.6 is 0 Å². The molecule has 1 rings (SSSR count). The normalized spacial score (nSPS) is 10.6. The number of ether oxygens (including phenoxy) is 3. The minimum Gasteiger partial charge on any atom is -0.458 e. The van der Waals surface area contributed by atoms with Crippen LogP contribution in [0.2, 0.25) is 0 Å². The summed E-state index contributed by atoms with van der Waals surface area (Å²) in [4.78, 5) is 34.2. The van der Waals surface area contributed by atoms with E-state index in [0.29, 0.717) is 0 Å². The molecule has 1 N–H and O–H groups in total. The third-order valence-electron chi connectivity index (χ3n) is 2.37. The molecule has 0 heterocycles. The van der Waals surface area contributed by atoms with Gasteiger partial charge in [-0.05, 0) is 26.3 Å². The molecule has 0 aliphatic heterocycles. The van der Waals surface area contributed by atoms with Crippen molar-refractivity contribution >= 4 is 18.0 Å². The molecule has 0 saturated carbocycles. The Kier molecular flexibility index (Phi) is 7.05. The summed E-state index contributed by atoms with van der Waals surface area (Å²) in [5, 5.41) is 2.23. The number of nitrogens with one attached hydrogen (secondary N) is 1. The molecule has 126 valence electrons. The highest BCUT2D eigenvalue weighted by Crippen LogP contribution is 2.06. The zero-order valence-electron chi connectivity index (χ0n) is 13.5. The molecule has 1 aromatic carbocycles. The van der Waals surface area contributed by atoms with Gasteiger partial charge in [-0.1, -0.05) is 30.3 Å². The van der Waals surface area contributed by atoms with Gasteiger partial charge in [0.15, 0.2) is 6.61 Å². The lowest BCUT2D eigenvalue weighted by atomic mass is 10.2. The number of carbonyl (C=O) groups is 3. The fourth-order valence-corrected chi connectivity index (χ4v) is 1.43. The standard InChI is InChI=1S/C16H21NO6/c1-16(2,3)23-15(20)17-9-13(18)22-11-14(19)21-10-12-7-5-4-6-8-12/h4-8H,9-11H2,1-3H3,(H,17,20). The van der Waals surface area contributed by atoms with Gasteiger partial charge in [0, 0.05) is 0 Å². The van der Waals surface area contributed by atoms with Gasteiger partial charge in [0.05, 0.1) is 0 Å². The van der Waals surface area contributed by atoms with E-state index in [9.17, 15) is 14.4 Å². The quantitative estimate of drug-likeness (QED) is 0.634. The van der Waals surface area contributed by atoms with Gasteiger partial charge in [-0.3, -0.25) is 4.79 Å². The lowest BCUT2D eigenvalue weighted by Crippen LogP contribution is -2.36. The Labute approximate surface area is 134 Å². The van der Waals surface area contributed by atoms with Gasteiger partial charge >= 0.3 is 18.0 Å². The summed E-state index contributed by atoms with van der Waals surface area (Å²) in [6, 6.07) is 9.12. The minimum absolute atomic E-state index is 0.105. The van der Waals surface area contributed by atoms with Crippen LogP contribution in [-0.4, -0.2) is 36.8 Å². The fraction of sp³-hybridized carbons (Fsp3) is 0.438. The van der Waals surface area contributed by atoms with Crippen molar-refractivity contribution < 1.29 is 28.6 Å². The zero-order valence-corrected chi connectivity index (χ0v) is 13.5. The molecule has 0 fully saturated rings. The molecule has 1 aromatic rings. The molecule has 7 heteroatoms. The van der Waals surface area contributed by atoms with Crippen LogP contribution in [0.3, 0.4) is 0 Å². The molecule has 0 bridgehead atoms. The van der Waals surface area contributed by atoms with Crippen molar-refractivity contribution in [2.24, 2.45) is 0 Å². The van der Waals surface area contributed by atoms with E-state index in [-0.39, 0.29) is 13.2 Å². The highest BCUT2D eigenvalue weighted by molar-refractivity contribution is 5.80. The van der Waals surface area contributed by atoms with Crippen molar-refractivity contribution in [2.75, 3.05) is 13.2 Å². The average Bonchev–Trinajstić information content (AvgIpc) is 2.48. The van der Waals surface area contributed by atoms with Gasteiger partial charge in [-0.2, -0.15) is 0 Å². The van der Waals surface area contributed by atoms with E-state index in [0.717, 1.165) is 5.56 Å². The molecular formula is C16H21NO6. The van der Waals surface area contributed by atoms with Crippen LogP contribution in [0.15, 0.2) is 30.3 Å². The first-order valence-electron chi connectivity index (χ1n) is 7.08. The molecule has 0 aliphatic rings. The van der Waals surface area contributed by atoms with E-state index in [1.54, 1.807) is 20.8 Å². The molecule has 1 amide bonds. The highest BCUT2D eigenvalue weighted by Gasteiger charge is 2.17. The van der Waals surface area contributed by atoms with Crippen LogP contribution in [-0.2, 0) is 30.4 Å². The van der Waals surface area contributed by atoms with Crippen LogP contribution in [0.25, 0.3) is 0 Å². The Balaban J connectivity index is 2.17. The molecule has 0 aliphatic carbocycles. The molecule has 0 aromatic heterocycles. The van der Waals surface area contributed by atoms with E-state index in [2.05, 4.69) is 10.1 Å². The van der Waals surface area contributed by atoms with E-state index in [1.165, 1.54) is 0 Å². The number of esters is 2. The predicted molar refractivity (Wildman–Crippen MR) is 81.4 cm³/mol. The fourth-order valence-electron chi connectivity index (χ4n) is 1.43. The molecule has 0 saturated heterocycles. The monoisotopic (exact) mass is 323 g/mol. The van der Waals surface area contributed by atoms with E-state index in [1.807, 2.05) is 30.3 Å². The number of carbonyl (C=O) groups excluding carboxylic acids is 3. The highest BCUT2D eigenvalue weighted by atomic mass is 16.6. The maximum atomic E-state index is 11.4. The number of amides is 1. The number of hydrogen-bond acceptors (Lipinski definition) is 6. The molecule has 0 radical (unpaired) electrons. The Morgan fingerprint density at radius 2 is 1.65 bits per heavy atom. The molecule has 7 nitrogen and oxygen atoms in total. The number of alkyl carbamates (subject to hydrolysis) is 1. The second-order valence-electron chi connectivity index (χ2n) is 5.66. The largest absolute Gasteiger partial charge is 0.458 e. The Hall–Kier alpha value is -2.57. The summed E-state index contributed by atoms with van der Waals surface area (Å²) in [5.41, 5.74) is 0.175. The number of rotatable bonds is 6. The van der Waals surface area contributed by atoms with Crippen LogP contribution < -0.4 is 5.32 Å². The molecule has 0 atom stereocenters. The van der Waals surface area contributed by atoms with Gasteiger partial charge in [0.2, 0.25) is 0 Å². The Morgan fingerprint density at radius 3 is 2.26 bits per heavy atom. The first-order chi connectivity index (χ1) is 10.8. The predicted octanol–water partition coefficient (Wildman–Crippen LogP) is 1.80. The number of benzene rings is 1. The van der Waals surface area contributed by atoms with E-state index < -0.39 is 30.2 Å². The van der Waals surface area contributed by atoms with E-state index >= 15 is 0 Å². The van der Waals surface area contributed by atoms with Gasteiger partial charge in [0.25, 0.3) is 0 Å². The maximum Gasteiger partial charge on any atom is 0.408 e. The molecular weight excluding hydrogens is 302 g/mol. The zero-order chi connectivity index (χ0) is 17.3. The molecule has 23 heavy (non-hydrogen) atoms. The van der Waals surface area contributed by atoms with Crippen molar-refractivity contribution in [3.05, 3.63) is 35.9 Å². The topological polar surface area (TPSA) is 90.9 Å². The van der Waals surface area contributed by atoms with Crippen LogP contribution in [0.1, 0.15) is 26.3 Å². The van der Waals surface area contributed by atoms with Crippen molar-refractivity contribution in [2.45, 2.75) is 33.0 Å². The summed E-state index contributed by atoms with van der Waals surface area (Å²) in [5.74, 6) is -1.42. The van der Waals surface area contributed by atoms with Crippen LogP contribution in [0, 0.1) is 0 Å². The smallest absolute Gasteiger partial charge is 0.408 e. The Morgan fingerprint density at radius 1 is 1.00 bits per heavy atom. The Bertz CT molecular complexity index is 535. The van der Waals surface area contributed by atoms with Crippen molar-refractivity contribution in [1.82, 2.24) is 5.32 Å². The lowest BCUT2D eigenvalue weighted by Gasteiger charge is -2.19. The summed E-state index contributed by atoms with van der Waals surface area (Å²) in [6.45, 7) is 4.31. The van der Waals surface area contributed by atoms with Crippen LogP contribution in [0.5, 0.6) is 0 Å². The van der Waals surface area contributed by atoms with Gasteiger partial charge in [0.1, 0.15) is 18.8 Å². The van der Waals surface area contributed by atoms with Gasteiger partial charge < -0.3 is 19.5 Å². The summed E-state index contributed by atoms with van der Waals surface area (Å²) in [7, 11) is 0. The molecule has 0 unspecified atom stereocenters. The van der Waals surface area contributed by atoms with Crippen molar-refractivity contribution in [3.63, 3.8) is 0 Å². The van der Waals surface area contributed by atoms with E-state index in [4.69, 9.17) is 9.47 Å². The summed E-state index contributed by atoms with van der Waals surface area (Å²) < 4.78 is 14.6. The third kappa shape index (κ3) is 9.13. The first kappa shape index (κ1) is 18.5. The van der Waals surface area contributed by atoms with Crippen molar-refractivity contribution in [1.29, 1.82) is 0 Å². The third-order valence-corrected chi connectivity index (χ3v) is 2.37. The second-order valence-corrected chi connectivity index (χ2v) is 5.66. The second kappa shape index (κ2) is 8.77. The summed E-state index contributed by atoms with van der Waals surface area (Å²) >= 11 is 0.